The van der Waals surface area contributed by atoms with Gasteiger partial charge in [-0.15, -0.1) is 0 Å². The number of nitrogens with zero attached hydrogens (tertiary/aromatic N) is 1. The average molecular weight is 397 g/mol. The summed E-state index contributed by atoms with van der Waals surface area (Å²) in [5.74, 6) is -1.46. The Morgan fingerprint density at radius 2 is 1.92 bits per heavy atom. The molecule has 138 valence electrons. The zero-order valence-corrected chi connectivity index (χ0v) is 15.4. The summed E-state index contributed by atoms with van der Waals surface area (Å²) in [5, 5.41) is 2.61. The SMILES string of the molecule is O=C(Nc1ccc(Cl)c(F)c1)C1CCCN(S(=O)(=O)c2ccccc2)C1. The summed E-state index contributed by atoms with van der Waals surface area (Å²) in [5.41, 5.74) is 0.292. The van der Waals surface area contributed by atoms with Gasteiger partial charge in [0.1, 0.15) is 5.82 Å². The third kappa shape index (κ3) is 4.06. The van der Waals surface area contributed by atoms with Gasteiger partial charge in [-0.2, -0.15) is 4.31 Å². The molecule has 5 nitrogen and oxygen atoms in total. The number of benzene rings is 2. The van der Waals surface area contributed by atoms with Crippen molar-refractivity contribution in [3.63, 3.8) is 0 Å². The molecule has 1 saturated heterocycles. The quantitative estimate of drug-likeness (QED) is 0.859. The minimum Gasteiger partial charge on any atom is -0.326 e. The van der Waals surface area contributed by atoms with Gasteiger partial charge in [0.15, 0.2) is 0 Å². The zero-order chi connectivity index (χ0) is 18.7. The predicted octanol–water partition coefficient (Wildman–Crippen LogP) is 3.52. The highest BCUT2D eigenvalue weighted by Gasteiger charge is 2.33. The summed E-state index contributed by atoms with van der Waals surface area (Å²) in [6.07, 6.45) is 1.15. The lowest BCUT2D eigenvalue weighted by atomic mass is 9.99. The Bertz CT molecular complexity index is 906. The molecule has 1 fully saturated rings. The van der Waals surface area contributed by atoms with E-state index in [0.717, 1.165) is 6.07 Å². The maximum absolute atomic E-state index is 13.5. The maximum atomic E-state index is 13.5. The van der Waals surface area contributed by atoms with E-state index in [2.05, 4.69) is 5.32 Å². The van der Waals surface area contributed by atoms with E-state index in [9.17, 15) is 17.6 Å². The summed E-state index contributed by atoms with van der Waals surface area (Å²) in [6.45, 7) is 0.468. The van der Waals surface area contributed by atoms with Gasteiger partial charge in [0, 0.05) is 18.8 Å². The topological polar surface area (TPSA) is 66.5 Å². The summed E-state index contributed by atoms with van der Waals surface area (Å²) in [7, 11) is -3.64. The average Bonchev–Trinajstić information content (AvgIpc) is 2.65. The first-order valence-corrected chi connectivity index (χ1v) is 10.0. The van der Waals surface area contributed by atoms with Gasteiger partial charge in [-0.05, 0) is 43.2 Å². The largest absolute Gasteiger partial charge is 0.326 e. The van der Waals surface area contributed by atoms with Crippen molar-refractivity contribution in [2.45, 2.75) is 17.7 Å². The number of anilines is 1. The zero-order valence-electron chi connectivity index (χ0n) is 13.9. The van der Waals surface area contributed by atoms with E-state index in [1.807, 2.05) is 0 Å². The Hall–Kier alpha value is -1.96. The third-order valence-electron chi connectivity index (χ3n) is 4.32. The van der Waals surface area contributed by atoms with Gasteiger partial charge in [-0.25, -0.2) is 12.8 Å². The lowest BCUT2D eigenvalue weighted by molar-refractivity contribution is -0.120. The van der Waals surface area contributed by atoms with Crippen molar-refractivity contribution in [1.29, 1.82) is 0 Å². The van der Waals surface area contributed by atoms with Gasteiger partial charge >= 0.3 is 0 Å². The molecule has 1 aliphatic rings. The molecular weight excluding hydrogens is 379 g/mol. The molecule has 1 amide bonds. The van der Waals surface area contributed by atoms with Crippen LogP contribution in [0, 0.1) is 11.7 Å². The fourth-order valence-electron chi connectivity index (χ4n) is 2.93. The number of hydrogen-bond acceptors (Lipinski definition) is 3. The van der Waals surface area contributed by atoms with Gasteiger partial charge < -0.3 is 5.32 Å². The molecule has 0 aliphatic carbocycles. The molecule has 2 aromatic carbocycles. The van der Waals surface area contributed by atoms with Crippen LogP contribution >= 0.6 is 11.6 Å². The van der Waals surface area contributed by atoms with E-state index in [1.165, 1.54) is 28.6 Å². The fraction of sp³-hybridized carbons (Fsp3) is 0.278. The van der Waals surface area contributed by atoms with Crippen LogP contribution in [-0.2, 0) is 14.8 Å². The first kappa shape index (κ1) is 18.8. The molecule has 3 rings (SSSR count). The number of halogens is 2. The normalized spacial score (nSPS) is 18.5. The van der Waals surface area contributed by atoms with Crippen LogP contribution in [0.4, 0.5) is 10.1 Å². The van der Waals surface area contributed by atoms with Gasteiger partial charge in [-0.1, -0.05) is 29.8 Å². The van der Waals surface area contributed by atoms with Crippen LogP contribution < -0.4 is 5.32 Å². The Morgan fingerprint density at radius 3 is 2.62 bits per heavy atom. The van der Waals surface area contributed by atoms with Crippen molar-refractivity contribution in [3.05, 3.63) is 59.4 Å². The van der Waals surface area contributed by atoms with Crippen molar-refractivity contribution >= 4 is 33.2 Å². The Morgan fingerprint density at radius 1 is 1.19 bits per heavy atom. The molecular formula is C18H18ClFN2O3S. The Kier molecular flexibility index (Phi) is 5.60. The van der Waals surface area contributed by atoms with Crippen molar-refractivity contribution < 1.29 is 17.6 Å². The van der Waals surface area contributed by atoms with E-state index in [0.29, 0.717) is 25.1 Å². The van der Waals surface area contributed by atoms with Crippen molar-refractivity contribution in [2.75, 3.05) is 18.4 Å². The van der Waals surface area contributed by atoms with Crippen LogP contribution in [0.1, 0.15) is 12.8 Å². The molecule has 2 aromatic rings. The highest BCUT2D eigenvalue weighted by Crippen LogP contribution is 2.25. The highest BCUT2D eigenvalue weighted by molar-refractivity contribution is 7.89. The minimum atomic E-state index is -3.64. The van der Waals surface area contributed by atoms with Gasteiger partial charge in [0.05, 0.1) is 15.8 Å². The number of carbonyl (C=O) groups excluding carboxylic acids is 1. The molecule has 0 saturated carbocycles. The van der Waals surface area contributed by atoms with E-state index < -0.39 is 21.8 Å². The van der Waals surface area contributed by atoms with Crippen LogP contribution in [0.25, 0.3) is 0 Å². The molecule has 1 heterocycles. The summed E-state index contributed by atoms with van der Waals surface area (Å²) in [6, 6.07) is 12.2. The number of hydrogen-bond donors (Lipinski definition) is 1. The molecule has 26 heavy (non-hydrogen) atoms. The van der Waals surface area contributed by atoms with Crippen molar-refractivity contribution in [3.8, 4) is 0 Å². The number of amides is 1. The second-order valence-corrected chi connectivity index (χ2v) is 8.48. The number of sulfonamides is 1. The molecule has 0 aromatic heterocycles. The molecule has 1 aliphatic heterocycles. The molecule has 1 N–H and O–H groups in total. The fourth-order valence-corrected chi connectivity index (χ4v) is 4.60. The number of nitrogens with one attached hydrogen (secondary N) is 1. The molecule has 0 radical (unpaired) electrons. The van der Waals surface area contributed by atoms with E-state index >= 15 is 0 Å². The number of carbonyl (C=O) groups is 1. The monoisotopic (exact) mass is 396 g/mol. The first-order chi connectivity index (χ1) is 12.4. The van der Waals surface area contributed by atoms with Gasteiger partial charge in [-0.3, -0.25) is 4.79 Å². The van der Waals surface area contributed by atoms with Crippen LogP contribution in [-0.4, -0.2) is 31.7 Å². The standard InChI is InChI=1S/C18H18ClFN2O3S/c19-16-9-8-14(11-17(16)20)21-18(23)13-5-4-10-22(12-13)26(24,25)15-6-2-1-3-7-15/h1-3,6-9,11,13H,4-5,10,12H2,(H,21,23). The first-order valence-electron chi connectivity index (χ1n) is 8.19. The number of rotatable bonds is 4. The summed E-state index contributed by atoms with van der Waals surface area (Å²) >= 11 is 5.63. The second-order valence-electron chi connectivity index (χ2n) is 6.13. The van der Waals surface area contributed by atoms with Crippen LogP contribution in [0.2, 0.25) is 5.02 Å². The molecule has 0 spiro atoms. The Labute approximate surface area is 156 Å². The lowest BCUT2D eigenvalue weighted by Gasteiger charge is -2.31. The smallest absolute Gasteiger partial charge is 0.243 e. The summed E-state index contributed by atoms with van der Waals surface area (Å²) < 4.78 is 40.3. The van der Waals surface area contributed by atoms with Crippen molar-refractivity contribution in [1.82, 2.24) is 4.31 Å². The Balaban J connectivity index is 1.71. The predicted molar refractivity (Wildman–Crippen MR) is 98.0 cm³/mol. The minimum absolute atomic E-state index is 0.0270. The van der Waals surface area contributed by atoms with E-state index in [1.54, 1.807) is 18.2 Å². The van der Waals surface area contributed by atoms with Crippen LogP contribution in [0.3, 0.4) is 0 Å². The highest BCUT2D eigenvalue weighted by atomic mass is 35.5. The van der Waals surface area contributed by atoms with Crippen LogP contribution in [0.5, 0.6) is 0 Å². The summed E-state index contributed by atoms with van der Waals surface area (Å²) in [4.78, 5) is 12.7. The van der Waals surface area contributed by atoms with Gasteiger partial charge in [0.2, 0.25) is 15.9 Å². The molecule has 0 bridgehead atoms. The maximum Gasteiger partial charge on any atom is 0.243 e. The van der Waals surface area contributed by atoms with Gasteiger partial charge in [0.25, 0.3) is 0 Å². The lowest BCUT2D eigenvalue weighted by Crippen LogP contribution is -2.43. The van der Waals surface area contributed by atoms with E-state index in [4.69, 9.17) is 11.6 Å². The number of piperidine rings is 1. The van der Waals surface area contributed by atoms with Crippen LogP contribution in [0.15, 0.2) is 53.4 Å². The molecule has 1 unspecified atom stereocenters. The third-order valence-corrected chi connectivity index (χ3v) is 6.51. The molecule has 1 atom stereocenters. The van der Waals surface area contributed by atoms with E-state index in [-0.39, 0.29) is 22.4 Å². The second kappa shape index (κ2) is 7.73. The van der Waals surface area contributed by atoms with Crippen molar-refractivity contribution in [2.24, 2.45) is 5.92 Å². The molecule has 8 heteroatoms.